The van der Waals surface area contributed by atoms with Gasteiger partial charge in [-0.1, -0.05) is 0 Å². The molecule has 2 aromatic heterocycles. The third-order valence-corrected chi connectivity index (χ3v) is 6.99. The van der Waals surface area contributed by atoms with Crippen molar-refractivity contribution in [2.45, 2.75) is 11.1 Å². The number of aromatic amines is 1. The van der Waals surface area contributed by atoms with Crippen LogP contribution in [0.4, 0.5) is 18.9 Å². The third kappa shape index (κ3) is 3.48. The number of pyridine rings is 1. The lowest BCUT2D eigenvalue weighted by Crippen LogP contribution is -2.48. The summed E-state index contributed by atoms with van der Waals surface area (Å²) < 4.78 is 66.2. The summed E-state index contributed by atoms with van der Waals surface area (Å²) in [5.74, 6) is 0. The number of hydrogen-bond acceptors (Lipinski definition) is 5. The second-order valence-electron chi connectivity index (χ2n) is 6.79. The molecular formula is C19H16F3N5O2S. The fourth-order valence-corrected chi connectivity index (χ4v) is 5.10. The first kappa shape index (κ1) is 20.2. The minimum atomic E-state index is -4.54. The predicted molar refractivity (Wildman–Crippen MR) is 103 cm³/mol. The van der Waals surface area contributed by atoms with Crippen molar-refractivity contribution >= 4 is 26.7 Å². The Kier molecular flexibility index (Phi) is 4.91. The van der Waals surface area contributed by atoms with Crippen LogP contribution >= 0.6 is 0 Å². The molecule has 0 aliphatic carbocycles. The molecule has 3 aromatic rings. The van der Waals surface area contributed by atoms with Crippen molar-refractivity contribution in [1.29, 1.82) is 5.26 Å². The number of anilines is 1. The Bertz CT molecular complexity index is 1240. The molecule has 0 radical (unpaired) electrons. The number of benzene rings is 1. The second kappa shape index (κ2) is 7.30. The number of aromatic nitrogens is 2. The summed E-state index contributed by atoms with van der Waals surface area (Å²) in [7, 11) is -3.77. The maximum atomic E-state index is 13.1. The van der Waals surface area contributed by atoms with Crippen molar-refractivity contribution in [3.05, 3.63) is 53.9 Å². The lowest BCUT2D eigenvalue weighted by atomic mass is 10.1. The number of nitrogens with one attached hydrogen (secondary N) is 1. The number of halogens is 3. The molecule has 0 spiro atoms. The van der Waals surface area contributed by atoms with E-state index >= 15 is 0 Å². The maximum Gasteiger partial charge on any atom is 0.416 e. The first-order valence-corrected chi connectivity index (χ1v) is 10.4. The van der Waals surface area contributed by atoms with E-state index in [9.17, 15) is 26.9 Å². The highest BCUT2D eigenvalue weighted by atomic mass is 32.2. The van der Waals surface area contributed by atoms with Gasteiger partial charge in [0.2, 0.25) is 10.0 Å². The molecule has 1 N–H and O–H groups in total. The van der Waals surface area contributed by atoms with Crippen LogP contribution in [0.5, 0.6) is 0 Å². The van der Waals surface area contributed by atoms with Gasteiger partial charge in [-0.2, -0.15) is 22.7 Å². The largest absolute Gasteiger partial charge is 0.416 e. The average Bonchev–Trinajstić information content (AvgIpc) is 3.18. The van der Waals surface area contributed by atoms with Crippen molar-refractivity contribution < 1.29 is 21.6 Å². The van der Waals surface area contributed by atoms with E-state index in [1.54, 1.807) is 29.3 Å². The van der Waals surface area contributed by atoms with Crippen molar-refractivity contribution in [3.63, 3.8) is 0 Å². The Morgan fingerprint density at radius 2 is 1.87 bits per heavy atom. The SMILES string of the molecule is N#Cc1cc(C(F)(F)F)ccc1N1CCN(S(=O)(=O)c2c[nH]c3ncccc23)CC1. The number of hydrogen-bond donors (Lipinski definition) is 1. The predicted octanol–water partition coefficient (Wildman–Crippen LogP) is 2.96. The molecular weight excluding hydrogens is 419 g/mol. The molecule has 1 aliphatic heterocycles. The van der Waals surface area contributed by atoms with Gasteiger partial charge < -0.3 is 9.88 Å². The smallest absolute Gasteiger partial charge is 0.368 e. The van der Waals surface area contributed by atoms with E-state index in [0.717, 1.165) is 12.1 Å². The highest BCUT2D eigenvalue weighted by Gasteiger charge is 2.33. The van der Waals surface area contributed by atoms with Gasteiger partial charge >= 0.3 is 6.18 Å². The van der Waals surface area contributed by atoms with Gasteiger partial charge in [0, 0.05) is 44.0 Å². The number of nitriles is 1. The van der Waals surface area contributed by atoms with E-state index < -0.39 is 21.8 Å². The topological polar surface area (TPSA) is 93.1 Å². The van der Waals surface area contributed by atoms with E-state index in [0.29, 0.717) is 16.7 Å². The second-order valence-corrected chi connectivity index (χ2v) is 8.69. The molecule has 0 saturated carbocycles. The van der Waals surface area contributed by atoms with Crippen LogP contribution in [-0.2, 0) is 16.2 Å². The lowest BCUT2D eigenvalue weighted by molar-refractivity contribution is -0.137. The van der Waals surface area contributed by atoms with E-state index in [-0.39, 0.29) is 36.6 Å². The third-order valence-electron chi connectivity index (χ3n) is 5.05. The van der Waals surface area contributed by atoms with Crippen LogP contribution in [0.25, 0.3) is 11.0 Å². The Morgan fingerprint density at radius 1 is 1.13 bits per heavy atom. The number of nitrogens with zero attached hydrogens (tertiary/aromatic N) is 4. The summed E-state index contributed by atoms with van der Waals surface area (Å²) in [6, 6.07) is 8.14. The Labute approximate surface area is 170 Å². The summed E-state index contributed by atoms with van der Waals surface area (Å²) in [4.78, 5) is 8.80. The van der Waals surface area contributed by atoms with Gasteiger partial charge in [0.15, 0.2) is 0 Å². The van der Waals surface area contributed by atoms with Gasteiger partial charge in [0.25, 0.3) is 0 Å². The fourth-order valence-electron chi connectivity index (χ4n) is 3.53. The molecule has 156 valence electrons. The number of piperazine rings is 1. The van der Waals surface area contributed by atoms with Crippen LogP contribution in [0.3, 0.4) is 0 Å². The highest BCUT2D eigenvalue weighted by Crippen LogP contribution is 2.33. The zero-order valence-corrected chi connectivity index (χ0v) is 16.3. The normalized spacial score (nSPS) is 16.0. The minimum Gasteiger partial charge on any atom is -0.368 e. The molecule has 7 nitrogen and oxygen atoms in total. The summed E-state index contributed by atoms with van der Waals surface area (Å²) >= 11 is 0. The highest BCUT2D eigenvalue weighted by molar-refractivity contribution is 7.89. The van der Waals surface area contributed by atoms with Crippen LogP contribution in [0.2, 0.25) is 0 Å². The van der Waals surface area contributed by atoms with Crippen LogP contribution in [-0.4, -0.2) is 48.9 Å². The monoisotopic (exact) mass is 435 g/mol. The van der Waals surface area contributed by atoms with E-state index in [1.807, 2.05) is 0 Å². The van der Waals surface area contributed by atoms with Crippen LogP contribution in [0.1, 0.15) is 11.1 Å². The van der Waals surface area contributed by atoms with E-state index in [2.05, 4.69) is 9.97 Å². The molecule has 1 fully saturated rings. The Balaban J connectivity index is 1.55. The standard InChI is InChI=1S/C19H16F3N5O2S/c20-19(21,22)14-3-4-16(13(10-14)11-23)26-6-8-27(9-7-26)30(28,29)17-12-25-18-15(17)2-1-5-24-18/h1-5,10,12H,6-9H2,(H,24,25). The summed E-state index contributed by atoms with van der Waals surface area (Å²) in [5.41, 5.74) is -0.155. The maximum absolute atomic E-state index is 13.1. The van der Waals surface area contributed by atoms with Crippen LogP contribution in [0, 0.1) is 11.3 Å². The van der Waals surface area contributed by atoms with Gasteiger partial charge in [-0.25, -0.2) is 13.4 Å². The van der Waals surface area contributed by atoms with Crippen molar-refractivity contribution in [1.82, 2.24) is 14.3 Å². The first-order valence-electron chi connectivity index (χ1n) is 9.00. The number of fused-ring (bicyclic) bond motifs is 1. The molecule has 1 saturated heterocycles. The number of rotatable bonds is 3. The summed E-state index contributed by atoms with van der Waals surface area (Å²) in [6.45, 7) is 0.780. The van der Waals surface area contributed by atoms with Crippen LogP contribution < -0.4 is 4.90 Å². The van der Waals surface area contributed by atoms with Crippen molar-refractivity contribution in [2.24, 2.45) is 0 Å². The molecule has 11 heteroatoms. The molecule has 0 atom stereocenters. The van der Waals surface area contributed by atoms with Crippen molar-refractivity contribution in [3.8, 4) is 6.07 Å². The molecule has 30 heavy (non-hydrogen) atoms. The molecule has 0 amide bonds. The molecule has 1 aliphatic rings. The number of sulfonamides is 1. The van der Waals surface area contributed by atoms with Gasteiger partial charge in [0.1, 0.15) is 16.6 Å². The molecule has 0 bridgehead atoms. The van der Waals surface area contributed by atoms with Gasteiger partial charge in [-0.3, -0.25) is 0 Å². The minimum absolute atomic E-state index is 0.0937. The zero-order valence-electron chi connectivity index (χ0n) is 15.5. The van der Waals surface area contributed by atoms with E-state index in [4.69, 9.17) is 0 Å². The quantitative estimate of drug-likeness (QED) is 0.683. The molecule has 0 unspecified atom stereocenters. The summed E-state index contributed by atoms with van der Waals surface area (Å²) in [6.07, 6.45) is -1.57. The van der Waals surface area contributed by atoms with Gasteiger partial charge in [-0.15, -0.1) is 0 Å². The molecule has 4 rings (SSSR count). The van der Waals surface area contributed by atoms with E-state index in [1.165, 1.54) is 16.6 Å². The first-order chi connectivity index (χ1) is 14.2. The molecule has 3 heterocycles. The number of H-pyrrole nitrogens is 1. The Morgan fingerprint density at radius 3 is 2.53 bits per heavy atom. The van der Waals surface area contributed by atoms with Crippen LogP contribution in [0.15, 0.2) is 47.6 Å². The molecule has 1 aromatic carbocycles. The number of alkyl halides is 3. The average molecular weight is 435 g/mol. The summed E-state index contributed by atoms with van der Waals surface area (Å²) in [5, 5.41) is 9.78. The van der Waals surface area contributed by atoms with Gasteiger partial charge in [0.05, 0.1) is 16.8 Å². The van der Waals surface area contributed by atoms with Gasteiger partial charge in [-0.05, 0) is 30.3 Å². The zero-order chi connectivity index (χ0) is 21.5. The fraction of sp³-hybridized carbons (Fsp3) is 0.263. The van der Waals surface area contributed by atoms with Crippen molar-refractivity contribution in [2.75, 3.05) is 31.1 Å². The Hall–Kier alpha value is -3.10. The lowest BCUT2D eigenvalue weighted by Gasteiger charge is -2.35.